The van der Waals surface area contributed by atoms with Crippen molar-refractivity contribution < 1.29 is 36.9 Å². The van der Waals surface area contributed by atoms with Crippen molar-refractivity contribution in [2.75, 3.05) is 49.7 Å². The number of nitrogens with zero attached hydrogens (tertiary/aromatic N) is 4. The number of benzene rings is 3. The number of rotatable bonds is 11. The lowest BCUT2D eigenvalue weighted by Crippen LogP contribution is -2.58. The molecule has 2 aromatic heterocycles. The van der Waals surface area contributed by atoms with Crippen molar-refractivity contribution in [1.29, 1.82) is 0 Å². The van der Waals surface area contributed by atoms with E-state index >= 15 is 4.39 Å². The van der Waals surface area contributed by atoms with Crippen LogP contribution in [0.5, 0.6) is 17.2 Å². The molecule has 10 rings (SSSR count). The van der Waals surface area contributed by atoms with E-state index in [9.17, 15) is 23.2 Å². The van der Waals surface area contributed by atoms with Gasteiger partial charge in [0.15, 0.2) is 5.75 Å². The van der Waals surface area contributed by atoms with Gasteiger partial charge in [0.05, 0.1) is 41.4 Å². The van der Waals surface area contributed by atoms with Gasteiger partial charge in [-0.15, -0.1) is 4.91 Å². The minimum atomic E-state index is -4.62. The number of morpholine rings is 1. The number of hydrogen-bond donors (Lipinski definition) is 4. The molecule has 2 atom stereocenters. The number of pyridine rings is 1. The Morgan fingerprint density at radius 2 is 1.78 bits per heavy atom. The monoisotopic (exact) mass is 935 g/mol. The van der Waals surface area contributed by atoms with Crippen LogP contribution in [-0.4, -0.2) is 91.4 Å². The third-order valence-corrected chi connectivity index (χ3v) is 16.5. The molecule has 0 bridgehead atoms. The van der Waals surface area contributed by atoms with E-state index in [1.54, 1.807) is 24.4 Å². The topological polar surface area (TPSA) is 188 Å². The van der Waals surface area contributed by atoms with Gasteiger partial charge >= 0.3 is 0 Å². The van der Waals surface area contributed by atoms with Crippen LogP contribution in [0.1, 0.15) is 106 Å². The van der Waals surface area contributed by atoms with E-state index in [4.69, 9.17) is 14.2 Å². The lowest BCUT2D eigenvalue weighted by atomic mass is 9.59. The molecule has 2 saturated carbocycles. The van der Waals surface area contributed by atoms with E-state index in [1.807, 2.05) is 6.92 Å². The average Bonchev–Trinajstić information content (AvgIpc) is 3.77. The highest BCUT2D eigenvalue weighted by Crippen LogP contribution is 2.53. The fraction of sp³-hybridized carbons (Fsp3) is 0.480. The number of anilines is 2. The Kier molecular flexibility index (Phi) is 12.0. The van der Waals surface area contributed by atoms with E-state index in [-0.39, 0.29) is 64.2 Å². The molecule has 5 heterocycles. The third kappa shape index (κ3) is 8.98. The van der Waals surface area contributed by atoms with Gasteiger partial charge in [0, 0.05) is 55.1 Å². The zero-order valence-electron chi connectivity index (χ0n) is 38.1. The van der Waals surface area contributed by atoms with E-state index in [1.165, 1.54) is 29.3 Å². The SMILES string of the molecule is CC(C)c1ccccc1[C@H]1COCCN1C1CC2(CCN(c3ccc(C(=O)NS(=O)(=O)c4cc(N=O)c5c(c4)OC[C@H]([C@H]4CC[C@](C)(O)CC4)N5)c(Oc4cc5cc[nH]c5nc4F)c3)CC2)C1. The first-order chi connectivity index (χ1) is 32.2. The summed E-state index contributed by atoms with van der Waals surface area (Å²) in [6.45, 7) is 10.4. The molecule has 15 nitrogen and oxygen atoms in total. The number of piperidine rings is 1. The lowest BCUT2D eigenvalue weighted by Gasteiger charge is -2.57. The number of halogens is 1. The highest BCUT2D eigenvalue weighted by Gasteiger charge is 2.50. The summed E-state index contributed by atoms with van der Waals surface area (Å²) in [4.78, 5) is 37.6. The number of ether oxygens (including phenoxy) is 3. The van der Waals surface area contributed by atoms with Gasteiger partial charge < -0.3 is 34.5 Å². The fourth-order valence-corrected chi connectivity index (χ4v) is 12.2. The zero-order chi connectivity index (χ0) is 46.7. The number of carbonyl (C=O) groups is 1. The molecule has 1 spiro atoms. The molecule has 0 radical (unpaired) electrons. The number of nitrogens with one attached hydrogen (secondary N) is 3. The van der Waals surface area contributed by atoms with Gasteiger partial charge in [-0.2, -0.15) is 9.37 Å². The van der Waals surface area contributed by atoms with Crippen LogP contribution in [0.15, 0.2) is 83.0 Å². The zero-order valence-corrected chi connectivity index (χ0v) is 38.9. The first-order valence-corrected chi connectivity index (χ1v) is 25.0. The maximum Gasteiger partial charge on any atom is 0.268 e. The van der Waals surface area contributed by atoms with E-state index < -0.39 is 32.4 Å². The number of nitroso groups, excluding NO2 is 1. The van der Waals surface area contributed by atoms with E-state index in [2.05, 4.69) is 73.1 Å². The smallest absolute Gasteiger partial charge is 0.268 e. The van der Waals surface area contributed by atoms with Gasteiger partial charge in [-0.05, 0) is 122 Å². The second kappa shape index (κ2) is 17.8. The van der Waals surface area contributed by atoms with Gasteiger partial charge in [-0.1, -0.05) is 38.1 Å². The maximum absolute atomic E-state index is 15.5. The summed E-state index contributed by atoms with van der Waals surface area (Å²) in [5.74, 6) is -1.55. The quantitative estimate of drug-likeness (QED) is 0.0728. The number of carbonyl (C=O) groups excluding carboxylic acids is 1. The van der Waals surface area contributed by atoms with Crippen LogP contribution < -0.4 is 24.4 Å². The Morgan fingerprint density at radius 1 is 1.00 bits per heavy atom. The molecule has 2 saturated heterocycles. The summed E-state index contributed by atoms with van der Waals surface area (Å²) in [6, 6.07) is 19.7. The van der Waals surface area contributed by atoms with Crippen LogP contribution >= 0.6 is 0 Å². The Bertz CT molecular complexity index is 2790. The van der Waals surface area contributed by atoms with Gasteiger partial charge in [-0.25, -0.2) is 13.1 Å². The molecule has 17 heteroatoms. The van der Waals surface area contributed by atoms with Crippen LogP contribution in [0.25, 0.3) is 11.0 Å². The van der Waals surface area contributed by atoms with Crippen molar-refractivity contribution in [3.63, 3.8) is 0 Å². The summed E-state index contributed by atoms with van der Waals surface area (Å²) < 4.78 is 63.7. The average molecular weight is 936 g/mol. The fourth-order valence-electron chi connectivity index (χ4n) is 11.2. The summed E-state index contributed by atoms with van der Waals surface area (Å²) in [5, 5.41) is 17.5. The Hall–Kier alpha value is -5.62. The summed E-state index contributed by atoms with van der Waals surface area (Å²) in [7, 11) is -4.62. The van der Waals surface area contributed by atoms with Crippen LogP contribution in [0.2, 0.25) is 0 Å². The van der Waals surface area contributed by atoms with Gasteiger partial charge in [0.1, 0.15) is 35.1 Å². The highest BCUT2D eigenvalue weighted by atomic mass is 32.2. The first-order valence-electron chi connectivity index (χ1n) is 23.5. The molecule has 5 aliphatic rings. The molecule has 3 aromatic carbocycles. The summed E-state index contributed by atoms with van der Waals surface area (Å²) in [5.41, 5.74) is 3.21. The van der Waals surface area contributed by atoms with E-state index in [0.717, 1.165) is 76.5 Å². The van der Waals surface area contributed by atoms with Crippen molar-refractivity contribution >= 4 is 44.0 Å². The van der Waals surface area contributed by atoms with Crippen LogP contribution in [0.4, 0.5) is 21.5 Å². The molecular formula is C50H58FN7O8S. The predicted molar refractivity (Wildman–Crippen MR) is 252 cm³/mol. The Labute approximate surface area is 389 Å². The van der Waals surface area contributed by atoms with Crippen molar-refractivity contribution in [1.82, 2.24) is 19.6 Å². The van der Waals surface area contributed by atoms with Gasteiger partial charge in [-0.3, -0.25) is 9.69 Å². The van der Waals surface area contributed by atoms with Crippen molar-refractivity contribution in [2.45, 2.75) is 107 Å². The molecule has 5 aromatic rings. The largest absolute Gasteiger partial charge is 0.489 e. The maximum atomic E-state index is 15.5. The van der Waals surface area contributed by atoms with Crippen LogP contribution in [0.3, 0.4) is 0 Å². The Balaban J connectivity index is 0.859. The molecule has 4 N–H and O–H groups in total. The van der Waals surface area contributed by atoms with Crippen molar-refractivity contribution in [3.05, 3.63) is 100 Å². The van der Waals surface area contributed by atoms with Crippen LogP contribution in [0, 0.1) is 22.2 Å². The number of aromatic amines is 1. The molecule has 3 aliphatic heterocycles. The van der Waals surface area contributed by atoms with Gasteiger partial charge in [0.2, 0.25) is 0 Å². The first kappa shape index (κ1) is 45.2. The summed E-state index contributed by atoms with van der Waals surface area (Å²) >= 11 is 0. The minimum Gasteiger partial charge on any atom is -0.489 e. The molecule has 4 fully saturated rings. The number of H-pyrrole nitrogens is 1. The van der Waals surface area contributed by atoms with Crippen molar-refractivity contribution in [2.24, 2.45) is 16.5 Å². The van der Waals surface area contributed by atoms with E-state index in [0.29, 0.717) is 42.4 Å². The Morgan fingerprint density at radius 3 is 2.54 bits per heavy atom. The third-order valence-electron chi connectivity index (χ3n) is 15.1. The molecule has 2 aliphatic carbocycles. The molecule has 354 valence electrons. The lowest BCUT2D eigenvalue weighted by molar-refractivity contribution is -0.0912. The van der Waals surface area contributed by atoms with Gasteiger partial charge in [0.25, 0.3) is 21.9 Å². The standard InChI is InChI=1S/C50H58FN7O8S/c1-30(2)36-6-4-5-7-37(36)41-29-64-21-20-58(41)34-26-50(27-34)15-18-57(19-16-50)33-8-9-38(42(23-33)66-44-22-32-12-17-52-47(32)54-46(44)51)48(59)56-67(62,63)35-24-39(55-61)45-43(25-35)65-28-40(53-45)31-10-13-49(3,60)14-11-31/h4-9,12,17,22-25,30-31,34,40-41,53,60H,10-11,13-16,18-21,26-29H2,1-3H3,(H,52,54)(H,56,59)/t31-,40-,41-,49-/m1/s1. The number of aromatic nitrogens is 2. The number of fused-ring (bicyclic) bond motifs is 2. The van der Waals surface area contributed by atoms with Crippen LogP contribution in [-0.2, 0) is 14.8 Å². The molecular weight excluding hydrogens is 878 g/mol. The molecule has 0 unspecified atom stereocenters. The number of sulfonamides is 1. The number of amides is 1. The van der Waals surface area contributed by atoms with Crippen molar-refractivity contribution in [3.8, 4) is 17.2 Å². The number of aliphatic hydroxyl groups is 1. The normalized spacial score (nSPS) is 24.4. The molecule has 67 heavy (non-hydrogen) atoms. The number of hydrogen-bond acceptors (Lipinski definition) is 13. The molecule has 1 amide bonds. The summed E-state index contributed by atoms with van der Waals surface area (Å²) in [6.07, 6.45) is 8.57. The highest BCUT2D eigenvalue weighted by molar-refractivity contribution is 7.90. The second-order valence-corrected chi connectivity index (χ2v) is 21.6. The minimum absolute atomic E-state index is 0.0618. The second-order valence-electron chi connectivity index (χ2n) is 19.9. The predicted octanol–water partition coefficient (Wildman–Crippen LogP) is 9.07.